The molecule has 2 aliphatic heterocycles. The van der Waals surface area contributed by atoms with E-state index in [1.165, 1.54) is 4.90 Å². The molecule has 0 aromatic rings. The van der Waals surface area contributed by atoms with Crippen LogP contribution < -0.4 is 0 Å². The fourth-order valence-electron chi connectivity index (χ4n) is 2.00. The molecule has 5 heteroatoms. The van der Waals surface area contributed by atoms with E-state index in [0.29, 0.717) is 5.70 Å². The van der Waals surface area contributed by atoms with Gasteiger partial charge in [0.1, 0.15) is 5.37 Å². The Bertz CT molecular complexity index is 371. The highest BCUT2D eigenvalue weighted by atomic mass is 32.2. The SMILES string of the molecule is CC(C)=C1C(=O)S[C@@H]2[C@H](C(C)O)C(=O)N12. The number of β-lactam (4-membered cyclic amide) rings is 1. The molecule has 0 aromatic heterocycles. The second kappa shape index (κ2) is 3.35. The Kier molecular flexibility index (Phi) is 2.39. The van der Waals surface area contributed by atoms with Crippen LogP contribution in [0.1, 0.15) is 20.8 Å². The summed E-state index contributed by atoms with van der Waals surface area (Å²) in [6.45, 7) is 5.23. The lowest BCUT2D eigenvalue weighted by Gasteiger charge is -2.42. The van der Waals surface area contributed by atoms with E-state index in [-0.39, 0.29) is 16.4 Å². The Morgan fingerprint density at radius 1 is 1.47 bits per heavy atom. The standard InChI is InChI=1S/C10H13NO3S/c1-4(2)7-10(14)15-9-6(5(3)12)8(13)11(7)9/h5-6,9,12H,1-3H3/t5?,6-,9-/m1/s1. The van der Waals surface area contributed by atoms with Gasteiger partial charge in [-0.15, -0.1) is 0 Å². The largest absolute Gasteiger partial charge is 0.392 e. The fourth-order valence-corrected chi connectivity index (χ4v) is 3.44. The highest BCUT2D eigenvalue weighted by molar-refractivity contribution is 8.15. The molecule has 1 N–H and O–H groups in total. The average Bonchev–Trinajstić information content (AvgIpc) is 2.38. The molecule has 0 saturated carbocycles. The lowest BCUT2D eigenvalue weighted by molar-refractivity contribution is -0.152. The van der Waals surface area contributed by atoms with Gasteiger partial charge in [0, 0.05) is 0 Å². The Morgan fingerprint density at radius 2 is 2.07 bits per heavy atom. The number of nitrogens with zero attached hydrogens (tertiary/aromatic N) is 1. The number of aliphatic hydroxyl groups is 1. The van der Waals surface area contributed by atoms with Crippen LogP contribution in [-0.2, 0) is 9.59 Å². The Balaban J connectivity index is 2.32. The Morgan fingerprint density at radius 3 is 2.53 bits per heavy atom. The van der Waals surface area contributed by atoms with Crippen LogP contribution in [0.3, 0.4) is 0 Å². The number of carbonyl (C=O) groups is 2. The van der Waals surface area contributed by atoms with Crippen LogP contribution in [0.4, 0.5) is 0 Å². The van der Waals surface area contributed by atoms with Crippen LogP contribution in [0.25, 0.3) is 0 Å². The second-order valence-corrected chi connectivity index (χ2v) is 5.21. The minimum absolute atomic E-state index is 0.0588. The van der Waals surface area contributed by atoms with Gasteiger partial charge in [0.15, 0.2) is 0 Å². The summed E-state index contributed by atoms with van der Waals surface area (Å²) >= 11 is 1.14. The molecule has 2 rings (SSSR count). The first-order valence-electron chi connectivity index (χ1n) is 4.84. The number of hydrogen-bond donors (Lipinski definition) is 1. The third-order valence-electron chi connectivity index (χ3n) is 2.74. The second-order valence-electron chi connectivity index (χ2n) is 4.12. The van der Waals surface area contributed by atoms with E-state index in [4.69, 9.17) is 0 Å². The first kappa shape index (κ1) is 10.7. The maximum absolute atomic E-state index is 11.7. The van der Waals surface area contributed by atoms with Crippen LogP contribution in [0.5, 0.6) is 0 Å². The zero-order chi connectivity index (χ0) is 11.3. The lowest BCUT2D eigenvalue weighted by Crippen LogP contribution is -2.59. The monoisotopic (exact) mass is 227 g/mol. The predicted molar refractivity (Wildman–Crippen MR) is 56.8 cm³/mol. The van der Waals surface area contributed by atoms with E-state index in [1.807, 2.05) is 13.8 Å². The molecule has 2 heterocycles. The van der Waals surface area contributed by atoms with Crippen LogP contribution >= 0.6 is 11.8 Å². The third kappa shape index (κ3) is 1.33. The summed E-state index contributed by atoms with van der Waals surface area (Å²) in [5, 5.41) is 9.17. The summed E-state index contributed by atoms with van der Waals surface area (Å²) in [5.41, 5.74) is 1.36. The first-order valence-corrected chi connectivity index (χ1v) is 5.72. The van der Waals surface area contributed by atoms with Gasteiger partial charge in [0.05, 0.1) is 17.7 Å². The van der Waals surface area contributed by atoms with Crippen molar-refractivity contribution in [2.75, 3.05) is 0 Å². The summed E-state index contributed by atoms with van der Waals surface area (Å²) in [7, 11) is 0. The number of thioether (sulfide) groups is 1. The maximum Gasteiger partial charge on any atom is 0.237 e. The summed E-state index contributed by atoms with van der Waals surface area (Å²) in [5.74, 6) is -0.555. The van der Waals surface area contributed by atoms with Gasteiger partial charge < -0.3 is 5.11 Å². The van der Waals surface area contributed by atoms with Crippen LogP contribution in [0.2, 0.25) is 0 Å². The third-order valence-corrected chi connectivity index (χ3v) is 3.89. The minimum Gasteiger partial charge on any atom is -0.392 e. The molecule has 0 spiro atoms. The molecule has 0 radical (unpaired) electrons. The van der Waals surface area contributed by atoms with Crippen LogP contribution in [-0.4, -0.2) is 32.5 Å². The van der Waals surface area contributed by atoms with Crippen molar-refractivity contribution in [3.8, 4) is 0 Å². The highest BCUT2D eigenvalue weighted by Gasteiger charge is 2.58. The van der Waals surface area contributed by atoms with Gasteiger partial charge in [-0.1, -0.05) is 11.8 Å². The van der Waals surface area contributed by atoms with Gasteiger partial charge in [-0.3, -0.25) is 14.5 Å². The number of amides is 1. The van der Waals surface area contributed by atoms with Crippen molar-refractivity contribution in [1.29, 1.82) is 0 Å². The summed E-state index contributed by atoms with van der Waals surface area (Å²) in [4.78, 5) is 24.8. The molecule has 1 amide bonds. The Labute approximate surface area is 92.3 Å². The zero-order valence-corrected chi connectivity index (χ0v) is 9.67. The molecular formula is C10H13NO3S. The van der Waals surface area contributed by atoms with Crippen molar-refractivity contribution in [2.45, 2.75) is 32.2 Å². The van der Waals surface area contributed by atoms with Crippen molar-refractivity contribution in [1.82, 2.24) is 4.90 Å². The number of hydrogen-bond acceptors (Lipinski definition) is 4. The molecule has 2 saturated heterocycles. The number of allylic oxidation sites excluding steroid dienone is 1. The smallest absolute Gasteiger partial charge is 0.237 e. The van der Waals surface area contributed by atoms with Gasteiger partial charge in [-0.2, -0.15) is 0 Å². The van der Waals surface area contributed by atoms with E-state index in [2.05, 4.69) is 0 Å². The van der Waals surface area contributed by atoms with Crippen molar-refractivity contribution < 1.29 is 14.7 Å². The number of aliphatic hydroxyl groups excluding tert-OH is 1. The van der Waals surface area contributed by atoms with E-state index in [9.17, 15) is 14.7 Å². The number of carbonyl (C=O) groups excluding carboxylic acids is 2. The van der Waals surface area contributed by atoms with Gasteiger partial charge >= 0.3 is 0 Å². The van der Waals surface area contributed by atoms with Gasteiger partial charge in [-0.25, -0.2) is 0 Å². The fraction of sp³-hybridized carbons (Fsp3) is 0.600. The molecule has 0 aliphatic carbocycles. The lowest BCUT2D eigenvalue weighted by atomic mass is 9.92. The topological polar surface area (TPSA) is 57.6 Å². The van der Waals surface area contributed by atoms with Gasteiger partial charge in [-0.05, 0) is 26.3 Å². The highest BCUT2D eigenvalue weighted by Crippen LogP contribution is 2.48. The van der Waals surface area contributed by atoms with Gasteiger partial charge in [0.25, 0.3) is 0 Å². The van der Waals surface area contributed by atoms with E-state index in [0.717, 1.165) is 17.3 Å². The van der Waals surface area contributed by atoms with Gasteiger partial charge in [0.2, 0.25) is 11.0 Å². The summed E-state index contributed by atoms with van der Waals surface area (Å²) in [6.07, 6.45) is -0.685. The van der Waals surface area contributed by atoms with E-state index >= 15 is 0 Å². The van der Waals surface area contributed by atoms with E-state index < -0.39 is 12.0 Å². The number of rotatable bonds is 1. The predicted octanol–water partition coefficient (Wildman–Crippen LogP) is 0.719. The summed E-state index contributed by atoms with van der Waals surface area (Å²) < 4.78 is 0. The van der Waals surface area contributed by atoms with Crippen LogP contribution in [0, 0.1) is 5.92 Å². The van der Waals surface area contributed by atoms with E-state index in [1.54, 1.807) is 6.92 Å². The molecule has 4 nitrogen and oxygen atoms in total. The molecule has 2 fully saturated rings. The van der Waals surface area contributed by atoms with Crippen molar-refractivity contribution in [3.05, 3.63) is 11.3 Å². The molecule has 2 aliphatic rings. The average molecular weight is 227 g/mol. The first-order chi connectivity index (χ1) is 6.95. The minimum atomic E-state index is -0.685. The molecule has 0 aromatic carbocycles. The molecule has 1 unspecified atom stereocenters. The quantitative estimate of drug-likeness (QED) is 0.529. The molecular weight excluding hydrogens is 214 g/mol. The Hall–Kier alpha value is -0.810. The number of fused-ring (bicyclic) bond motifs is 1. The summed E-state index contributed by atoms with van der Waals surface area (Å²) in [6, 6.07) is 0. The molecule has 82 valence electrons. The molecule has 3 atom stereocenters. The van der Waals surface area contributed by atoms with Crippen molar-refractivity contribution >= 4 is 22.8 Å². The van der Waals surface area contributed by atoms with Crippen molar-refractivity contribution in [2.24, 2.45) is 5.92 Å². The van der Waals surface area contributed by atoms with Crippen LogP contribution in [0.15, 0.2) is 11.3 Å². The normalized spacial score (nSPS) is 31.5. The van der Waals surface area contributed by atoms with Crippen molar-refractivity contribution in [3.63, 3.8) is 0 Å². The zero-order valence-electron chi connectivity index (χ0n) is 8.85. The molecule has 15 heavy (non-hydrogen) atoms. The molecule has 0 bridgehead atoms. The maximum atomic E-state index is 11.7.